The van der Waals surface area contributed by atoms with Gasteiger partial charge in [0.25, 0.3) is 5.91 Å². The molecule has 31 heavy (non-hydrogen) atoms. The van der Waals surface area contributed by atoms with Crippen LogP contribution < -0.4 is 5.32 Å². The van der Waals surface area contributed by atoms with Gasteiger partial charge in [0.15, 0.2) is 5.78 Å². The average Bonchev–Trinajstić information content (AvgIpc) is 2.82. The molecule has 158 valence electrons. The molecule has 0 fully saturated rings. The topological polar surface area (TPSA) is 85.4 Å². The van der Waals surface area contributed by atoms with Crippen molar-refractivity contribution in [2.24, 2.45) is 0 Å². The largest absolute Gasteiger partial charge is 0.460 e. The summed E-state index contributed by atoms with van der Waals surface area (Å²) in [6.45, 7) is 3.66. The second kappa shape index (κ2) is 10.3. The number of benzene rings is 2. The first-order valence-corrected chi connectivity index (χ1v) is 10.0. The fourth-order valence-electron chi connectivity index (χ4n) is 2.99. The van der Waals surface area contributed by atoms with Gasteiger partial charge in [-0.15, -0.1) is 0 Å². The van der Waals surface area contributed by atoms with Crippen molar-refractivity contribution in [3.63, 3.8) is 0 Å². The van der Waals surface area contributed by atoms with Gasteiger partial charge in [-0.2, -0.15) is 0 Å². The van der Waals surface area contributed by atoms with Crippen LogP contribution in [0.3, 0.4) is 0 Å². The molecule has 1 amide bonds. The second-order valence-electron chi connectivity index (χ2n) is 7.24. The zero-order chi connectivity index (χ0) is 22.2. The van der Waals surface area contributed by atoms with E-state index in [0.29, 0.717) is 16.7 Å². The Morgan fingerprint density at radius 2 is 1.52 bits per heavy atom. The zero-order valence-electron chi connectivity index (χ0n) is 17.4. The molecule has 0 aliphatic rings. The Morgan fingerprint density at radius 1 is 0.871 bits per heavy atom. The molecule has 2 aromatic carbocycles. The molecule has 6 heteroatoms. The quantitative estimate of drug-likeness (QED) is 0.446. The van der Waals surface area contributed by atoms with E-state index in [0.717, 1.165) is 5.56 Å². The summed E-state index contributed by atoms with van der Waals surface area (Å²) in [5, 5.41) is 2.72. The molecule has 1 N–H and O–H groups in total. The first-order valence-electron chi connectivity index (χ1n) is 10.0. The van der Waals surface area contributed by atoms with Crippen LogP contribution in [0, 0.1) is 0 Å². The summed E-state index contributed by atoms with van der Waals surface area (Å²) in [6, 6.07) is 19.3. The normalized spacial score (nSPS) is 12.5. The van der Waals surface area contributed by atoms with Crippen molar-refractivity contribution in [2.45, 2.75) is 25.9 Å². The number of hydrogen-bond donors (Lipinski definition) is 1. The summed E-state index contributed by atoms with van der Waals surface area (Å²) in [6.07, 6.45) is 2.57. The van der Waals surface area contributed by atoms with Crippen LogP contribution >= 0.6 is 0 Å². The van der Waals surface area contributed by atoms with E-state index in [-0.39, 0.29) is 18.2 Å². The maximum atomic E-state index is 12.5. The molecule has 0 spiro atoms. The van der Waals surface area contributed by atoms with Crippen molar-refractivity contribution in [2.75, 3.05) is 6.54 Å². The van der Waals surface area contributed by atoms with Crippen molar-refractivity contribution in [1.29, 1.82) is 0 Å². The highest BCUT2D eigenvalue weighted by atomic mass is 16.5. The molecule has 0 saturated heterocycles. The molecule has 1 aromatic heterocycles. The minimum atomic E-state index is -0.502. The van der Waals surface area contributed by atoms with Gasteiger partial charge in [-0.25, -0.2) is 0 Å². The lowest BCUT2D eigenvalue weighted by molar-refractivity contribution is -0.149. The number of nitrogens with one attached hydrogen (secondary N) is 1. The molecule has 3 aromatic rings. The van der Waals surface area contributed by atoms with E-state index in [4.69, 9.17) is 4.74 Å². The lowest BCUT2D eigenvalue weighted by Gasteiger charge is -2.18. The van der Waals surface area contributed by atoms with Crippen molar-refractivity contribution < 1.29 is 19.1 Å². The molecular formula is C25H24N2O4. The maximum Gasteiger partial charge on any atom is 0.313 e. The Kier molecular flexibility index (Phi) is 7.27. The number of aromatic nitrogens is 1. The second-order valence-corrected chi connectivity index (χ2v) is 7.24. The summed E-state index contributed by atoms with van der Waals surface area (Å²) in [7, 11) is 0. The van der Waals surface area contributed by atoms with Crippen LogP contribution in [-0.4, -0.2) is 35.3 Å². The number of amides is 1. The van der Waals surface area contributed by atoms with Crippen molar-refractivity contribution >= 4 is 17.7 Å². The van der Waals surface area contributed by atoms with Crippen molar-refractivity contribution in [3.05, 3.63) is 101 Å². The molecule has 0 aliphatic heterocycles. The van der Waals surface area contributed by atoms with Gasteiger partial charge in [0.1, 0.15) is 6.10 Å². The standard InChI is InChI=1S/C25H24N2O4/c1-17(15-27-24(29)22-9-6-14-26-16-22)31-25(30)18(2)19-10-12-21(13-11-19)23(28)20-7-4-3-5-8-20/h3-14,16-18H,15H2,1-2H3,(H,27,29). The van der Waals surface area contributed by atoms with Crippen LogP contribution in [0.25, 0.3) is 0 Å². The Hall–Kier alpha value is -3.80. The number of carbonyl (C=O) groups is 3. The lowest BCUT2D eigenvalue weighted by atomic mass is 9.97. The summed E-state index contributed by atoms with van der Waals surface area (Å²) >= 11 is 0. The van der Waals surface area contributed by atoms with E-state index in [1.54, 1.807) is 68.6 Å². The summed E-state index contributed by atoms with van der Waals surface area (Å²) in [5.41, 5.74) is 2.37. The number of pyridine rings is 1. The number of carbonyl (C=O) groups excluding carboxylic acids is 3. The third-order valence-electron chi connectivity index (χ3n) is 4.85. The van der Waals surface area contributed by atoms with E-state index < -0.39 is 18.0 Å². The molecule has 1 heterocycles. The molecule has 0 aliphatic carbocycles. The number of nitrogens with zero attached hydrogens (tertiary/aromatic N) is 1. The van der Waals surface area contributed by atoms with Crippen LogP contribution in [0.1, 0.15) is 51.6 Å². The third-order valence-corrected chi connectivity index (χ3v) is 4.85. The van der Waals surface area contributed by atoms with Crippen LogP contribution in [0.4, 0.5) is 0 Å². The summed E-state index contributed by atoms with van der Waals surface area (Å²) in [5.74, 6) is -1.24. The van der Waals surface area contributed by atoms with Crippen molar-refractivity contribution in [3.8, 4) is 0 Å². The van der Waals surface area contributed by atoms with Gasteiger partial charge in [-0.3, -0.25) is 19.4 Å². The Bertz CT molecular complexity index is 1030. The maximum absolute atomic E-state index is 12.5. The van der Waals surface area contributed by atoms with Gasteiger partial charge in [0.2, 0.25) is 0 Å². The van der Waals surface area contributed by atoms with Gasteiger partial charge < -0.3 is 10.1 Å². The van der Waals surface area contributed by atoms with E-state index in [9.17, 15) is 14.4 Å². The molecule has 0 radical (unpaired) electrons. The van der Waals surface area contributed by atoms with Crippen molar-refractivity contribution in [1.82, 2.24) is 10.3 Å². The molecule has 2 atom stereocenters. The van der Waals surface area contributed by atoms with Gasteiger partial charge in [-0.1, -0.05) is 54.6 Å². The number of ketones is 1. The van der Waals surface area contributed by atoms with Crippen LogP contribution in [-0.2, 0) is 9.53 Å². The van der Waals surface area contributed by atoms with E-state index in [2.05, 4.69) is 10.3 Å². The van der Waals surface area contributed by atoms with Crippen LogP contribution in [0.15, 0.2) is 79.1 Å². The zero-order valence-corrected chi connectivity index (χ0v) is 17.4. The highest BCUT2D eigenvalue weighted by Gasteiger charge is 2.20. The minimum absolute atomic E-state index is 0.0691. The highest BCUT2D eigenvalue weighted by molar-refractivity contribution is 6.09. The number of esters is 1. The number of hydrogen-bond acceptors (Lipinski definition) is 5. The molecule has 0 saturated carbocycles. The van der Waals surface area contributed by atoms with E-state index in [1.165, 1.54) is 6.20 Å². The number of ether oxygens (including phenoxy) is 1. The highest BCUT2D eigenvalue weighted by Crippen LogP contribution is 2.19. The van der Waals surface area contributed by atoms with Gasteiger partial charge in [-0.05, 0) is 31.5 Å². The molecule has 6 nitrogen and oxygen atoms in total. The first kappa shape index (κ1) is 21.9. The fraction of sp³-hybridized carbons (Fsp3) is 0.200. The van der Waals surface area contributed by atoms with E-state index in [1.807, 2.05) is 18.2 Å². The predicted octanol–water partition coefficient (Wildman–Crippen LogP) is 3.78. The SMILES string of the molecule is CC(CNC(=O)c1cccnc1)OC(=O)C(C)c1ccc(C(=O)c2ccccc2)cc1. The predicted molar refractivity (Wildman–Crippen MR) is 117 cm³/mol. The minimum Gasteiger partial charge on any atom is -0.460 e. The smallest absolute Gasteiger partial charge is 0.313 e. The lowest BCUT2D eigenvalue weighted by Crippen LogP contribution is -2.34. The average molecular weight is 416 g/mol. The van der Waals surface area contributed by atoms with Gasteiger partial charge in [0.05, 0.1) is 18.0 Å². The monoisotopic (exact) mass is 416 g/mol. The summed E-state index contributed by atoms with van der Waals surface area (Å²) in [4.78, 5) is 41.0. The fourth-order valence-corrected chi connectivity index (χ4v) is 2.99. The molecule has 0 bridgehead atoms. The molecule has 3 rings (SSSR count). The Morgan fingerprint density at radius 3 is 2.16 bits per heavy atom. The third kappa shape index (κ3) is 5.85. The Labute approximate surface area is 181 Å². The van der Waals surface area contributed by atoms with Crippen LogP contribution in [0.5, 0.6) is 0 Å². The van der Waals surface area contributed by atoms with Gasteiger partial charge in [0, 0.05) is 23.5 Å². The van der Waals surface area contributed by atoms with Crippen LogP contribution in [0.2, 0.25) is 0 Å². The molecular weight excluding hydrogens is 392 g/mol. The van der Waals surface area contributed by atoms with E-state index >= 15 is 0 Å². The molecule has 2 unspecified atom stereocenters. The first-order chi connectivity index (χ1) is 15.0. The number of rotatable bonds is 8. The van der Waals surface area contributed by atoms with Gasteiger partial charge >= 0.3 is 5.97 Å². The summed E-state index contributed by atoms with van der Waals surface area (Å²) < 4.78 is 5.46. The Balaban J connectivity index is 1.53.